The highest BCUT2D eigenvalue weighted by atomic mass is 16.3. The Morgan fingerprint density at radius 1 is 1.60 bits per heavy atom. The van der Waals surface area contributed by atoms with Crippen molar-refractivity contribution in [1.29, 1.82) is 0 Å². The highest BCUT2D eigenvalue weighted by Gasteiger charge is 2.24. The Hall–Kier alpha value is -0.870. The van der Waals surface area contributed by atoms with Crippen LogP contribution in [-0.4, -0.2) is 39.0 Å². The minimum absolute atomic E-state index is 0.120. The Bertz CT molecular complexity index is 323. The number of piperidine rings is 1. The first-order chi connectivity index (χ1) is 7.15. The number of aryl methyl sites for hydroxylation is 1. The first-order valence-electron chi connectivity index (χ1n) is 5.54. The van der Waals surface area contributed by atoms with E-state index in [1.807, 2.05) is 17.9 Å². The van der Waals surface area contributed by atoms with Gasteiger partial charge >= 0.3 is 0 Å². The number of aromatic nitrogens is 2. The average Bonchev–Trinajstić information content (AvgIpc) is 2.58. The zero-order valence-corrected chi connectivity index (χ0v) is 9.43. The number of rotatable bonds is 2. The molecule has 4 heteroatoms. The molecule has 1 aliphatic heterocycles. The Labute approximate surface area is 90.5 Å². The summed E-state index contributed by atoms with van der Waals surface area (Å²) in [5.74, 6) is 0.377. The number of hydrogen-bond acceptors (Lipinski definition) is 3. The van der Waals surface area contributed by atoms with E-state index in [0.717, 1.165) is 31.7 Å². The van der Waals surface area contributed by atoms with Gasteiger partial charge in [0.25, 0.3) is 0 Å². The van der Waals surface area contributed by atoms with E-state index in [1.54, 1.807) is 0 Å². The van der Waals surface area contributed by atoms with Crippen molar-refractivity contribution in [2.75, 3.05) is 13.1 Å². The molecule has 0 aromatic carbocycles. The molecule has 0 spiro atoms. The molecule has 2 heterocycles. The molecule has 0 aliphatic carbocycles. The minimum Gasteiger partial charge on any atom is -0.393 e. The summed E-state index contributed by atoms with van der Waals surface area (Å²) < 4.78 is 1.83. The summed E-state index contributed by atoms with van der Waals surface area (Å²) in [6, 6.07) is 2.05. The largest absolute Gasteiger partial charge is 0.393 e. The zero-order valence-electron chi connectivity index (χ0n) is 9.43. The molecule has 1 N–H and O–H groups in total. The fraction of sp³-hybridized carbons (Fsp3) is 0.727. The molecule has 2 rings (SSSR count). The molecule has 0 bridgehead atoms. The zero-order chi connectivity index (χ0) is 10.8. The first kappa shape index (κ1) is 10.6. The van der Waals surface area contributed by atoms with Crippen LogP contribution < -0.4 is 0 Å². The van der Waals surface area contributed by atoms with Crippen LogP contribution in [0.4, 0.5) is 0 Å². The van der Waals surface area contributed by atoms with Crippen LogP contribution >= 0.6 is 0 Å². The van der Waals surface area contributed by atoms with Gasteiger partial charge in [-0.05, 0) is 18.4 Å². The van der Waals surface area contributed by atoms with E-state index in [1.165, 1.54) is 0 Å². The van der Waals surface area contributed by atoms with Crippen LogP contribution in [0.3, 0.4) is 0 Å². The molecule has 2 unspecified atom stereocenters. The molecule has 1 aromatic rings. The van der Waals surface area contributed by atoms with Gasteiger partial charge in [-0.2, -0.15) is 5.10 Å². The Morgan fingerprint density at radius 2 is 2.40 bits per heavy atom. The van der Waals surface area contributed by atoms with Gasteiger partial charge in [-0.3, -0.25) is 9.58 Å². The van der Waals surface area contributed by atoms with E-state index < -0.39 is 0 Å². The van der Waals surface area contributed by atoms with Crippen molar-refractivity contribution in [3.63, 3.8) is 0 Å². The monoisotopic (exact) mass is 209 g/mol. The van der Waals surface area contributed by atoms with Crippen molar-refractivity contribution in [3.8, 4) is 0 Å². The van der Waals surface area contributed by atoms with Crippen molar-refractivity contribution in [3.05, 3.63) is 18.0 Å². The van der Waals surface area contributed by atoms with E-state index in [4.69, 9.17) is 0 Å². The summed E-state index contributed by atoms with van der Waals surface area (Å²) in [6.45, 7) is 4.95. The number of hydrogen-bond donors (Lipinski definition) is 1. The molecule has 0 radical (unpaired) electrons. The summed E-state index contributed by atoms with van der Waals surface area (Å²) in [5.41, 5.74) is 1.11. The van der Waals surface area contributed by atoms with Gasteiger partial charge < -0.3 is 5.11 Å². The first-order valence-corrected chi connectivity index (χ1v) is 5.54. The van der Waals surface area contributed by atoms with E-state index in [0.29, 0.717) is 5.92 Å². The third kappa shape index (κ3) is 2.58. The van der Waals surface area contributed by atoms with Gasteiger partial charge in [0.2, 0.25) is 0 Å². The van der Waals surface area contributed by atoms with Crippen LogP contribution in [0, 0.1) is 5.92 Å². The standard InChI is InChI=1S/C11H19N3O/c1-9-7-14(6-4-11(9)15)8-10-3-5-13(2)12-10/h3,5,9,11,15H,4,6-8H2,1-2H3. The maximum atomic E-state index is 9.62. The molecule has 1 fully saturated rings. The predicted molar refractivity (Wildman–Crippen MR) is 58.3 cm³/mol. The molecule has 2 atom stereocenters. The number of nitrogens with zero attached hydrogens (tertiary/aromatic N) is 3. The normalized spacial score (nSPS) is 28.2. The van der Waals surface area contributed by atoms with Gasteiger partial charge in [-0.15, -0.1) is 0 Å². The van der Waals surface area contributed by atoms with Crippen LogP contribution in [-0.2, 0) is 13.6 Å². The molecular formula is C11H19N3O. The summed E-state index contributed by atoms with van der Waals surface area (Å²) in [7, 11) is 1.94. The summed E-state index contributed by atoms with van der Waals surface area (Å²) in [5, 5.41) is 14.0. The van der Waals surface area contributed by atoms with Crippen LogP contribution in [0.25, 0.3) is 0 Å². The molecular weight excluding hydrogens is 190 g/mol. The fourth-order valence-corrected chi connectivity index (χ4v) is 2.14. The van der Waals surface area contributed by atoms with Crippen molar-refractivity contribution < 1.29 is 5.11 Å². The van der Waals surface area contributed by atoms with Crippen molar-refractivity contribution in [2.24, 2.45) is 13.0 Å². The maximum Gasteiger partial charge on any atom is 0.0764 e. The molecule has 15 heavy (non-hydrogen) atoms. The van der Waals surface area contributed by atoms with Crippen LogP contribution in [0.5, 0.6) is 0 Å². The second-order valence-corrected chi connectivity index (χ2v) is 4.55. The van der Waals surface area contributed by atoms with Gasteiger partial charge in [0.05, 0.1) is 11.8 Å². The number of aliphatic hydroxyl groups is 1. The lowest BCUT2D eigenvalue weighted by molar-refractivity contribution is 0.0315. The molecule has 1 aromatic heterocycles. The van der Waals surface area contributed by atoms with Crippen LogP contribution in [0.15, 0.2) is 12.3 Å². The summed E-state index contributed by atoms with van der Waals surface area (Å²) in [6.07, 6.45) is 2.73. The summed E-state index contributed by atoms with van der Waals surface area (Å²) >= 11 is 0. The maximum absolute atomic E-state index is 9.62. The van der Waals surface area contributed by atoms with Gasteiger partial charge in [-0.1, -0.05) is 6.92 Å². The third-order valence-corrected chi connectivity index (χ3v) is 3.10. The Balaban J connectivity index is 1.90. The lowest BCUT2D eigenvalue weighted by Gasteiger charge is -2.33. The third-order valence-electron chi connectivity index (χ3n) is 3.10. The van der Waals surface area contributed by atoms with E-state index in [-0.39, 0.29) is 6.10 Å². The smallest absolute Gasteiger partial charge is 0.0764 e. The molecule has 84 valence electrons. The van der Waals surface area contributed by atoms with Crippen molar-refractivity contribution in [2.45, 2.75) is 26.0 Å². The predicted octanol–water partition coefficient (Wildman–Crippen LogP) is 0.623. The highest BCUT2D eigenvalue weighted by molar-refractivity contribution is 4.99. The topological polar surface area (TPSA) is 41.3 Å². The van der Waals surface area contributed by atoms with Gasteiger partial charge in [0.1, 0.15) is 0 Å². The second kappa shape index (κ2) is 4.33. The number of aliphatic hydroxyl groups excluding tert-OH is 1. The Morgan fingerprint density at radius 3 is 3.00 bits per heavy atom. The van der Waals surface area contributed by atoms with Gasteiger partial charge in [0.15, 0.2) is 0 Å². The van der Waals surface area contributed by atoms with E-state index in [2.05, 4.69) is 23.0 Å². The lowest BCUT2D eigenvalue weighted by Crippen LogP contribution is -2.41. The van der Waals surface area contributed by atoms with E-state index in [9.17, 15) is 5.11 Å². The highest BCUT2D eigenvalue weighted by Crippen LogP contribution is 2.17. The van der Waals surface area contributed by atoms with Crippen molar-refractivity contribution >= 4 is 0 Å². The number of likely N-dealkylation sites (tertiary alicyclic amines) is 1. The lowest BCUT2D eigenvalue weighted by atomic mass is 9.97. The minimum atomic E-state index is -0.120. The molecule has 0 amide bonds. The van der Waals surface area contributed by atoms with Crippen molar-refractivity contribution in [1.82, 2.24) is 14.7 Å². The molecule has 4 nitrogen and oxygen atoms in total. The van der Waals surface area contributed by atoms with Gasteiger partial charge in [0, 0.05) is 32.9 Å². The van der Waals surface area contributed by atoms with Crippen LogP contribution in [0.1, 0.15) is 19.0 Å². The molecule has 1 saturated heterocycles. The Kier molecular flexibility index (Phi) is 3.07. The second-order valence-electron chi connectivity index (χ2n) is 4.55. The molecule has 1 aliphatic rings. The molecule has 0 saturated carbocycles. The average molecular weight is 209 g/mol. The van der Waals surface area contributed by atoms with E-state index >= 15 is 0 Å². The van der Waals surface area contributed by atoms with Gasteiger partial charge in [-0.25, -0.2) is 0 Å². The quantitative estimate of drug-likeness (QED) is 0.776. The SMILES string of the molecule is CC1CN(Cc2ccn(C)n2)CCC1O. The fourth-order valence-electron chi connectivity index (χ4n) is 2.14. The van der Waals surface area contributed by atoms with Crippen LogP contribution in [0.2, 0.25) is 0 Å². The summed E-state index contributed by atoms with van der Waals surface area (Å²) in [4.78, 5) is 2.36.